The first kappa shape index (κ1) is 15.0. The Morgan fingerprint density at radius 1 is 1.30 bits per heavy atom. The molecule has 0 saturated heterocycles. The quantitative estimate of drug-likeness (QED) is 0.852. The maximum atomic E-state index is 13.0. The number of hydrogen-bond acceptors (Lipinski definition) is 3. The fourth-order valence-electron chi connectivity index (χ4n) is 1.73. The van der Waals surface area contributed by atoms with E-state index in [2.05, 4.69) is 15.9 Å². The van der Waals surface area contributed by atoms with Gasteiger partial charge in [0.1, 0.15) is 11.6 Å². The molecule has 0 aromatic heterocycles. The molecule has 0 aliphatic rings. The molecule has 2 aromatic carbocycles. The average Bonchev–Trinajstić information content (AvgIpc) is 2.41. The van der Waals surface area contributed by atoms with Crippen LogP contribution in [0.15, 0.2) is 45.8 Å². The minimum absolute atomic E-state index is 0.265. The van der Waals surface area contributed by atoms with Gasteiger partial charge in [0.2, 0.25) is 0 Å². The molecular weight excluding hydrogens is 345 g/mol. The summed E-state index contributed by atoms with van der Waals surface area (Å²) in [6.07, 6.45) is 0. The number of benzene rings is 2. The first-order valence-electron chi connectivity index (χ1n) is 5.77. The van der Waals surface area contributed by atoms with Crippen molar-refractivity contribution in [2.45, 2.75) is 10.6 Å². The Hall–Kier alpha value is -1.40. The van der Waals surface area contributed by atoms with Crippen molar-refractivity contribution < 1.29 is 13.3 Å². The van der Waals surface area contributed by atoms with Crippen LogP contribution in [0.2, 0.25) is 0 Å². The fourth-order valence-corrected chi connectivity index (χ4v) is 3.68. The van der Waals surface area contributed by atoms with Crippen molar-refractivity contribution in [1.29, 1.82) is 0 Å². The van der Waals surface area contributed by atoms with E-state index in [1.165, 1.54) is 19.2 Å². The van der Waals surface area contributed by atoms with Crippen LogP contribution in [-0.4, -0.2) is 11.3 Å². The van der Waals surface area contributed by atoms with E-state index < -0.39 is 10.8 Å². The van der Waals surface area contributed by atoms with Crippen molar-refractivity contribution in [3.8, 4) is 5.75 Å². The topological polar surface area (TPSA) is 52.3 Å². The van der Waals surface area contributed by atoms with E-state index in [0.29, 0.717) is 20.8 Å². The standard InChI is InChI=1S/C14H13BrFNO2S/c1-19-13-7-11(17)4-5-14(13)20(18)8-9-2-3-10(16)6-12(9)15/h2-7H,8,17H2,1H3. The Morgan fingerprint density at radius 2 is 2.05 bits per heavy atom. The Morgan fingerprint density at radius 3 is 2.70 bits per heavy atom. The van der Waals surface area contributed by atoms with E-state index in [1.807, 2.05) is 0 Å². The van der Waals surface area contributed by atoms with Gasteiger partial charge in [-0.15, -0.1) is 0 Å². The molecule has 3 nitrogen and oxygen atoms in total. The van der Waals surface area contributed by atoms with Gasteiger partial charge in [0, 0.05) is 16.2 Å². The predicted molar refractivity (Wildman–Crippen MR) is 81.6 cm³/mol. The van der Waals surface area contributed by atoms with E-state index in [9.17, 15) is 8.60 Å². The molecular formula is C14H13BrFNO2S. The van der Waals surface area contributed by atoms with E-state index in [-0.39, 0.29) is 11.6 Å². The van der Waals surface area contributed by atoms with Gasteiger partial charge in [-0.25, -0.2) is 4.39 Å². The lowest BCUT2D eigenvalue weighted by molar-refractivity contribution is 0.404. The molecule has 2 aromatic rings. The van der Waals surface area contributed by atoms with Crippen molar-refractivity contribution in [2.24, 2.45) is 0 Å². The summed E-state index contributed by atoms with van der Waals surface area (Å²) in [5.74, 6) is 0.416. The summed E-state index contributed by atoms with van der Waals surface area (Å²) in [7, 11) is 0.199. The molecule has 0 heterocycles. The van der Waals surface area contributed by atoms with Crippen LogP contribution in [0.3, 0.4) is 0 Å². The molecule has 2 rings (SSSR count). The number of methoxy groups -OCH3 is 1. The lowest BCUT2D eigenvalue weighted by atomic mass is 10.2. The number of halogens is 2. The monoisotopic (exact) mass is 357 g/mol. The smallest absolute Gasteiger partial charge is 0.137 e. The molecule has 0 bridgehead atoms. The second kappa shape index (κ2) is 6.37. The normalized spacial score (nSPS) is 12.2. The third-order valence-electron chi connectivity index (χ3n) is 2.73. The highest BCUT2D eigenvalue weighted by atomic mass is 79.9. The molecule has 1 unspecified atom stereocenters. The SMILES string of the molecule is COc1cc(N)ccc1S(=O)Cc1ccc(F)cc1Br. The van der Waals surface area contributed by atoms with E-state index in [1.54, 1.807) is 24.3 Å². The summed E-state index contributed by atoms with van der Waals surface area (Å²) in [6, 6.07) is 9.30. The Balaban J connectivity index is 2.28. The van der Waals surface area contributed by atoms with Gasteiger partial charge in [-0.2, -0.15) is 0 Å². The first-order chi connectivity index (χ1) is 9.51. The molecule has 0 amide bonds. The highest BCUT2D eigenvalue weighted by Crippen LogP contribution is 2.28. The van der Waals surface area contributed by atoms with Crippen molar-refractivity contribution in [2.75, 3.05) is 12.8 Å². The molecule has 0 fully saturated rings. The Labute approximate surface area is 127 Å². The van der Waals surface area contributed by atoms with Gasteiger partial charge in [-0.1, -0.05) is 22.0 Å². The lowest BCUT2D eigenvalue weighted by Gasteiger charge is -2.10. The van der Waals surface area contributed by atoms with Crippen LogP contribution in [0, 0.1) is 5.82 Å². The van der Waals surface area contributed by atoms with Crippen LogP contribution in [0.25, 0.3) is 0 Å². The van der Waals surface area contributed by atoms with Gasteiger partial charge in [-0.05, 0) is 29.8 Å². The molecule has 0 saturated carbocycles. The molecule has 0 aliphatic carbocycles. The van der Waals surface area contributed by atoms with Crippen LogP contribution in [0.4, 0.5) is 10.1 Å². The Kier molecular flexibility index (Phi) is 4.77. The van der Waals surface area contributed by atoms with Gasteiger partial charge in [0.25, 0.3) is 0 Å². The maximum Gasteiger partial charge on any atom is 0.137 e. The number of nitrogens with two attached hydrogens (primary N) is 1. The van der Waals surface area contributed by atoms with Gasteiger partial charge >= 0.3 is 0 Å². The van der Waals surface area contributed by atoms with Gasteiger partial charge in [0.05, 0.1) is 28.6 Å². The second-order valence-electron chi connectivity index (χ2n) is 4.14. The van der Waals surface area contributed by atoms with Crippen molar-refractivity contribution in [3.63, 3.8) is 0 Å². The number of nitrogen functional groups attached to an aromatic ring is 1. The summed E-state index contributed by atoms with van der Waals surface area (Å²) < 4.78 is 31.2. The largest absolute Gasteiger partial charge is 0.495 e. The van der Waals surface area contributed by atoms with Gasteiger partial charge in [-0.3, -0.25) is 4.21 Å². The van der Waals surface area contributed by atoms with Crippen LogP contribution < -0.4 is 10.5 Å². The Bertz CT molecular complexity index is 664. The van der Waals surface area contributed by atoms with Gasteiger partial charge in [0.15, 0.2) is 0 Å². The van der Waals surface area contributed by atoms with Crippen molar-refractivity contribution in [3.05, 3.63) is 52.3 Å². The molecule has 6 heteroatoms. The lowest BCUT2D eigenvalue weighted by Crippen LogP contribution is -2.01. The minimum atomic E-state index is -1.30. The van der Waals surface area contributed by atoms with E-state index in [0.717, 1.165) is 5.56 Å². The number of hydrogen-bond donors (Lipinski definition) is 1. The van der Waals surface area contributed by atoms with Crippen LogP contribution in [0.1, 0.15) is 5.56 Å². The highest BCUT2D eigenvalue weighted by Gasteiger charge is 2.13. The van der Waals surface area contributed by atoms with Crippen LogP contribution in [-0.2, 0) is 16.6 Å². The second-order valence-corrected chi connectivity index (χ2v) is 6.41. The molecule has 106 valence electrons. The maximum absolute atomic E-state index is 13.0. The summed E-state index contributed by atoms with van der Waals surface area (Å²) in [5.41, 5.74) is 6.98. The number of anilines is 1. The first-order valence-corrected chi connectivity index (χ1v) is 7.88. The third-order valence-corrected chi connectivity index (χ3v) is 4.87. The molecule has 0 aliphatic heterocycles. The third kappa shape index (κ3) is 3.37. The predicted octanol–water partition coefficient (Wildman–Crippen LogP) is 3.49. The van der Waals surface area contributed by atoms with Gasteiger partial charge < -0.3 is 10.5 Å². The number of rotatable bonds is 4. The zero-order valence-electron chi connectivity index (χ0n) is 10.7. The summed E-state index contributed by atoms with van der Waals surface area (Å²) in [5, 5.41) is 0. The van der Waals surface area contributed by atoms with E-state index in [4.69, 9.17) is 10.5 Å². The van der Waals surface area contributed by atoms with E-state index >= 15 is 0 Å². The summed E-state index contributed by atoms with van der Waals surface area (Å²) in [4.78, 5) is 0.568. The zero-order valence-corrected chi connectivity index (χ0v) is 13.1. The summed E-state index contributed by atoms with van der Waals surface area (Å²) in [6.45, 7) is 0. The summed E-state index contributed by atoms with van der Waals surface area (Å²) >= 11 is 3.27. The van der Waals surface area contributed by atoms with Crippen LogP contribution >= 0.6 is 15.9 Å². The number of ether oxygens (including phenoxy) is 1. The van der Waals surface area contributed by atoms with Crippen molar-refractivity contribution >= 4 is 32.4 Å². The molecule has 2 N–H and O–H groups in total. The fraction of sp³-hybridized carbons (Fsp3) is 0.143. The molecule has 1 atom stereocenters. The highest BCUT2D eigenvalue weighted by molar-refractivity contribution is 9.10. The average molecular weight is 358 g/mol. The zero-order chi connectivity index (χ0) is 14.7. The van der Waals surface area contributed by atoms with Crippen molar-refractivity contribution in [1.82, 2.24) is 0 Å². The minimum Gasteiger partial charge on any atom is -0.495 e. The molecule has 0 radical (unpaired) electrons. The van der Waals surface area contributed by atoms with Crippen LogP contribution in [0.5, 0.6) is 5.75 Å². The molecule has 0 spiro atoms. The molecule has 20 heavy (non-hydrogen) atoms.